The highest BCUT2D eigenvalue weighted by Gasteiger charge is 2.31. The third-order valence-electron chi connectivity index (χ3n) is 2.90. The van der Waals surface area contributed by atoms with Crippen LogP contribution in [0.1, 0.15) is 29.9 Å². The monoisotopic (exact) mass is 320 g/mol. The molecule has 0 saturated carbocycles. The summed E-state index contributed by atoms with van der Waals surface area (Å²) >= 11 is 0. The summed E-state index contributed by atoms with van der Waals surface area (Å²) in [5.74, 6) is -1.37. The number of carboxylic acid groups (broad SMARTS) is 1. The molecule has 1 aromatic rings. The van der Waals surface area contributed by atoms with Crippen molar-refractivity contribution in [3.63, 3.8) is 0 Å². The summed E-state index contributed by atoms with van der Waals surface area (Å²) in [4.78, 5) is 21.8. The lowest BCUT2D eigenvalue weighted by atomic mass is 9.91. The summed E-state index contributed by atoms with van der Waals surface area (Å²) in [5, 5.41) is 17.3. The maximum atomic E-state index is 12.7. The van der Waals surface area contributed by atoms with Crippen molar-refractivity contribution >= 4 is 12.0 Å². The van der Waals surface area contributed by atoms with Gasteiger partial charge in [0.1, 0.15) is 0 Å². The van der Waals surface area contributed by atoms with Gasteiger partial charge >= 0.3 is 12.3 Å². The number of rotatable bonds is 5. The lowest BCUT2D eigenvalue weighted by Gasteiger charge is -2.17. The van der Waals surface area contributed by atoms with Gasteiger partial charge in [0, 0.05) is 13.0 Å². The van der Waals surface area contributed by atoms with Crippen molar-refractivity contribution < 1.29 is 33.0 Å². The molecule has 0 spiro atoms. The Hall–Kier alpha value is -2.29. The van der Waals surface area contributed by atoms with Crippen LogP contribution in [0.4, 0.5) is 18.0 Å². The number of nitrogens with one attached hydrogen (secondary N) is 2. The van der Waals surface area contributed by atoms with Crippen LogP contribution in [0.15, 0.2) is 24.3 Å². The third-order valence-corrected chi connectivity index (χ3v) is 2.90. The second kappa shape index (κ2) is 7.64. The molecule has 1 aromatic carbocycles. The smallest absolute Gasteiger partial charge is 0.423 e. The number of aliphatic hydroxyl groups is 1. The number of benzene rings is 1. The maximum Gasteiger partial charge on any atom is 0.423 e. The van der Waals surface area contributed by atoms with E-state index in [1.807, 2.05) is 5.43 Å². The van der Waals surface area contributed by atoms with Gasteiger partial charge in [0.05, 0.1) is 5.56 Å². The molecule has 0 saturated heterocycles. The first-order valence-corrected chi connectivity index (χ1v) is 6.30. The fourth-order valence-corrected chi connectivity index (χ4v) is 1.91. The van der Waals surface area contributed by atoms with Gasteiger partial charge in [-0.3, -0.25) is 10.2 Å². The molecule has 0 radical (unpaired) electrons. The highest BCUT2D eigenvalue weighted by molar-refractivity contribution is 5.79. The van der Waals surface area contributed by atoms with E-state index in [0.29, 0.717) is 0 Å². The molecule has 0 aliphatic heterocycles. The fourth-order valence-electron chi connectivity index (χ4n) is 1.91. The molecule has 0 aliphatic carbocycles. The second-order valence-corrected chi connectivity index (χ2v) is 4.51. The first kappa shape index (κ1) is 17.8. The molecule has 0 fully saturated rings. The Balaban J connectivity index is 2.86. The Morgan fingerprint density at radius 3 is 2.45 bits per heavy atom. The van der Waals surface area contributed by atoms with Crippen molar-refractivity contribution in [2.24, 2.45) is 0 Å². The number of halogens is 3. The van der Waals surface area contributed by atoms with Crippen LogP contribution in [-0.4, -0.2) is 28.8 Å². The Bertz CT molecular complexity index is 534. The summed E-state index contributed by atoms with van der Waals surface area (Å²) in [6, 6.07) is 4.47. The van der Waals surface area contributed by atoms with Crippen LogP contribution >= 0.6 is 0 Å². The van der Waals surface area contributed by atoms with E-state index in [9.17, 15) is 22.8 Å². The minimum atomic E-state index is -4.51. The average Bonchev–Trinajstić information content (AvgIpc) is 2.44. The normalized spacial score (nSPS) is 12.5. The molecule has 0 bridgehead atoms. The van der Waals surface area contributed by atoms with E-state index >= 15 is 0 Å². The molecule has 0 aromatic heterocycles. The Labute approximate surface area is 123 Å². The largest absolute Gasteiger partial charge is 0.464 e. The van der Waals surface area contributed by atoms with E-state index in [2.05, 4.69) is 0 Å². The van der Waals surface area contributed by atoms with Crippen LogP contribution in [0.25, 0.3) is 0 Å². The van der Waals surface area contributed by atoms with E-state index in [1.54, 1.807) is 5.43 Å². The molecule has 6 nitrogen and oxygen atoms in total. The van der Waals surface area contributed by atoms with Crippen LogP contribution in [0.3, 0.4) is 0 Å². The number of carbonyl (C=O) groups excluding carboxylic acids is 1. The SMILES string of the molecule is O=C(O)NNC(=O)CC(CCO)c1cccc(C(F)(F)F)c1. The van der Waals surface area contributed by atoms with Crippen LogP contribution < -0.4 is 10.9 Å². The predicted octanol–water partition coefficient (Wildman–Crippen LogP) is 1.86. The fraction of sp³-hybridized carbons (Fsp3) is 0.385. The molecule has 0 aliphatic rings. The zero-order chi connectivity index (χ0) is 16.8. The Kier molecular flexibility index (Phi) is 6.17. The molecule has 22 heavy (non-hydrogen) atoms. The minimum absolute atomic E-state index is 0.0712. The molecule has 1 rings (SSSR count). The van der Waals surface area contributed by atoms with Crippen LogP contribution in [0.2, 0.25) is 0 Å². The van der Waals surface area contributed by atoms with E-state index in [0.717, 1.165) is 12.1 Å². The van der Waals surface area contributed by atoms with Gasteiger partial charge in [-0.1, -0.05) is 18.2 Å². The first-order chi connectivity index (χ1) is 10.2. The van der Waals surface area contributed by atoms with Crippen molar-refractivity contribution in [2.45, 2.75) is 24.9 Å². The van der Waals surface area contributed by atoms with E-state index in [-0.39, 0.29) is 25.0 Å². The zero-order valence-corrected chi connectivity index (χ0v) is 11.4. The summed E-state index contributed by atoms with van der Waals surface area (Å²) in [5.41, 5.74) is 2.94. The lowest BCUT2D eigenvalue weighted by Crippen LogP contribution is -2.41. The number of hydrogen-bond acceptors (Lipinski definition) is 3. The molecular formula is C13H15F3N2O4. The summed E-state index contributed by atoms with van der Waals surface area (Å²) in [6.07, 6.45) is -6.16. The average molecular weight is 320 g/mol. The number of carbonyl (C=O) groups is 2. The highest BCUT2D eigenvalue weighted by Crippen LogP contribution is 2.32. The summed E-state index contributed by atoms with van der Waals surface area (Å²) in [7, 11) is 0. The number of amides is 2. The van der Waals surface area contributed by atoms with Crippen LogP contribution in [0.5, 0.6) is 0 Å². The van der Waals surface area contributed by atoms with Crippen molar-refractivity contribution in [1.82, 2.24) is 10.9 Å². The number of hydrazine groups is 1. The molecule has 2 amide bonds. The molecule has 1 atom stereocenters. The standard InChI is InChI=1S/C13H15F3N2O4/c14-13(15,16)10-3-1-2-8(6-10)9(4-5-19)7-11(20)17-18-12(21)22/h1-3,6,9,18-19H,4-5,7H2,(H,17,20)(H,21,22). The summed E-state index contributed by atoms with van der Waals surface area (Å²) < 4.78 is 38.1. The number of aliphatic hydroxyl groups excluding tert-OH is 1. The van der Waals surface area contributed by atoms with Gasteiger partial charge < -0.3 is 10.2 Å². The Morgan fingerprint density at radius 2 is 1.91 bits per heavy atom. The highest BCUT2D eigenvalue weighted by atomic mass is 19.4. The minimum Gasteiger partial charge on any atom is -0.464 e. The lowest BCUT2D eigenvalue weighted by molar-refractivity contribution is -0.137. The quantitative estimate of drug-likeness (QED) is 0.622. The van der Waals surface area contributed by atoms with Crippen molar-refractivity contribution in [1.29, 1.82) is 0 Å². The molecule has 122 valence electrons. The van der Waals surface area contributed by atoms with Gasteiger partial charge in [0.25, 0.3) is 0 Å². The van der Waals surface area contributed by atoms with Crippen molar-refractivity contribution in [3.8, 4) is 0 Å². The number of alkyl halides is 3. The predicted molar refractivity (Wildman–Crippen MR) is 69.8 cm³/mol. The van der Waals surface area contributed by atoms with Gasteiger partial charge in [0.15, 0.2) is 0 Å². The third kappa shape index (κ3) is 5.60. The molecule has 4 N–H and O–H groups in total. The van der Waals surface area contributed by atoms with Gasteiger partial charge in [-0.25, -0.2) is 10.2 Å². The maximum absolute atomic E-state index is 12.7. The van der Waals surface area contributed by atoms with Gasteiger partial charge in [-0.2, -0.15) is 13.2 Å². The van der Waals surface area contributed by atoms with E-state index < -0.39 is 29.7 Å². The summed E-state index contributed by atoms with van der Waals surface area (Å²) in [6.45, 7) is -0.319. The van der Waals surface area contributed by atoms with Gasteiger partial charge in [-0.05, 0) is 24.0 Å². The molecule has 1 unspecified atom stereocenters. The first-order valence-electron chi connectivity index (χ1n) is 6.30. The molecule has 0 heterocycles. The van der Waals surface area contributed by atoms with Crippen molar-refractivity contribution in [2.75, 3.05) is 6.61 Å². The van der Waals surface area contributed by atoms with Gasteiger partial charge in [-0.15, -0.1) is 0 Å². The Morgan fingerprint density at radius 1 is 1.23 bits per heavy atom. The van der Waals surface area contributed by atoms with Gasteiger partial charge in [0.2, 0.25) is 5.91 Å². The second-order valence-electron chi connectivity index (χ2n) is 4.51. The molecular weight excluding hydrogens is 305 g/mol. The van der Waals surface area contributed by atoms with Crippen LogP contribution in [-0.2, 0) is 11.0 Å². The van der Waals surface area contributed by atoms with E-state index in [1.165, 1.54) is 12.1 Å². The topological polar surface area (TPSA) is 98.7 Å². The zero-order valence-electron chi connectivity index (χ0n) is 11.4. The molecule has 9 heteroatoms. The van der Waals surface area contributed by atoms with Crippen LogP contribution in [0, 0.1) is 0 Å². The number of hydrogen-bond donors (Lipinski definition) is 4. The van der Waals surface area contributed by atoms with E-state index in [4.69, 9.17) is 10.2 Å². The van der Waals surface area contributed by atoms with Crippen molar-refractivity contribution in [3.05, 3.63) is 35.4 Å².